The normalized spacial score (nSPS) is 10.4. The lowest BCUT2D eigenvalue weighted by Gasteiger charge is -2.17. The summed E-state index contributed by atoms with van der Waals surface area (Å²) in [6, 6.07) is 12.0. The first kappa shape index (κ1) is 17.2. The lowest BCUT2D eigenvalue weighted by molar-refractivity contribution is -2.00. The fraction of sp³-hybridized carbons (Fsp3) is 0.154. The standard InChI is InChI=1S/C13H15N2O.ClHO4/c1-14-11-6-7-13(16-2)12(10-11)15-8-4-3-5-9-15;2-1(3,4)5/h3-10,14H,1-2H3;(H,2,3,4,5)/q+1;/p-1. The maximum atomic E-state index is 8.49. The van der Waals surface area contributed by atoms with Gasteiger partial charge in [0.2, 0.25) is 0 Å². The Hall–Kier alpha value is -1.90. The number of ether oxygens (including phenoxy) is 1. The average molecular weight is 315 g/mol. The highest BCUT2D eigenvalue weighted by molar-refractivity contribution is 5.54. The summed E-state index contributed by atoms with van der Waals surface area (Å²) >= 11 is 0. The third-order valence-electron chi connectivity index (χ3n) is 2.46. The largest absolute Gasteiger partial charge is 0.490 e. The summed E-state index contributed by atoms with van der Waals surface area (Å²) < 4.78 is 41.4. The SMILES string of the molecule is CNc1ccc(OC)c(-[n+]2ccccc2)c1.[O-][Cl+3]([O-])([O-])[O-]. The third-order valence-corrected chi connectivity index (χ3v) is 2.46. The summed E-state index contributed by atoms with van der Waals surface area (Å²) in [5, 5.41) is 3.12. The van der Waals surface area contributed by atoms with E-state index in [1.165, 1.54) is 0 Å². The van der Waals surface area contributed by atoms with Crippen molar-refractivity contribution in [3.8, 4) is 11.4 Å². The van der Waals surface area contributed by atoms with Crippen LogP contribution in [0.25, 0.3) is 5.69 Å². The van der Waals surface area contributed by atoms with Gasteiger partial charge in [0.25, 0.3) is 5.69 Å². The molecule has 0 unspecified atom stereocenters. The Labute approximate surface area is 124 Å². The summed E-state index contributed by atoms with van der Waals surface area (Å²) in [5.74, 6) is 0.857. The van der Waals surface area contributed by atoms with E-state index in [-0.39, 0.29) is 0 Å². The molecule has 21 heavy (non-hydrogen) atoms. The number of benzene rings is 1. The topological polar surface area (TPSA) is 117 Å². The van der Waals surface area contributed by atoms with E-state index in [9.17, 15) is 0 Å². The summed E-state index contributed by atoms with van der Waals surface area (Å²) in [6.45, 7) is 0. The van der Waals surface area contributed by atoms with Gasteiger partial charge < -0.3 is 10.1 Å². The molecule has 0 aliphatic carbocycles. The number of methoxy groups -OCH3 is 1. The van der Waals surface area contributed by atoms with Gasteiger partial charge in [-0.2, -0.15) is 4.57 Å². The quantitative estimate of drug-likeness (QED) is 0.614. The molecule has 2 aromatic rings. The molecule has 1 N–H and O–H groups in total. The zero-order valence-corrected chi connectivity index (χ0v) is 12.2. The minimum absolute atomic E-state index is 0.857. The molecule has 0 aliphatic heterocycles. The van der Waals surface area contributed by atoms with Crippen LogP contribution in [0.15, 0.2) is 48.8 Å². The Morgan fingerprint density at radius 2 is 1.62 bits per heavy atom. The Morgan fingerprint density at radius 3 is 2.10 bits per heavy atom. The van der Waals surface area contributed by atoms with Gasteiger partial charge in [-0.1, -0.05) is 6.07 Å². The molecule has 7 nitrogen and oxygen atoms in total. The third kappa shape index (κ3) is 6.39. The smallest absolute Gasteiger partial charge is 0.254 e. The second-order valence-electron chi connectivity index (χ2n) is 3.80. The molecule has 8 heteroatoms. The lowest BCUT2D eigenvalue weighted by Crippen LogP contribution is -2.68. The van der Waals surface area contributed by atoms with Crippen LogP contribution in [0.4, 0.5) is 5.69 Å². The van der Waals surface area contributed by atoms with E-state index in [1.807, 2.05) is 54.3 Å². The van der Waals surface area contributed by atoms with Crippen molar-refractivity contribution in [2.75, 3.05) is 19.5 Å². The van der Waals surface area contributed by atoms with Crippen LogP contribution in [0.5, 0.6) is 5.75 Å². The van der Waals surface area contributed by atoms with E-state index >= 15 is 0 Å². The predicted molar refractivity (Wildman–Crippen MR) is 64.1 cm³/mol. The molecule has 0 saturated carbocycles. The molecule has 0 fully saturated rings. The van der Waals surface area contributed by atoms with Crippen LogP contribution in [0.3, 0.4) is 0 Å². The zero-order chi connectivity index (χ0) is 15.9. The van der Waals surface area contributed by atoms with Gasteiger partial charge >= 0.3 is 0 Å². The minimum atomic E-state index is -4.94. The molecule has 114 valence electrons. The van der Waals surface area contributed by atoms with E-state index in [0.29, 0.717) is 0 Å². The highest BCUT2D eigenvalue weighted by Gasteiger charge is 2.12. The van der Waals surface area contributed by atoms with Crippen LogP contribution in [0, 0.1) is 10.2 Å². The summed E-state index contributed by atoms with van der Waals surface area (Å²) in [6.07, 6.45) is 3.99. The van der Waals surface area contributed by atoms with Gasteiger partial charge in [-0.05, 0) is 12.1 Å². The average Bonchev–Trinajstić information content (AvgIpc) is 2.45. The molecule has 1 aromatic carbocycles. The highest BCUT2D eigenvalue weighted by atomic mass is 35.7. The fourth-order valence-electron chi connectivity index (χ4n) is 1.61. The molecular formula is C13H15ClN2O5. The lowest BCUT2D eigenvalue weighted by atomic mass is 10.2. The van der Waals surface area contributed by atoms with Crippen molar-refractivity contribution in [2.24, 2.45) is 0 Å². The van der Waals surface area contributed by atoms with E-state index < -0.39 is 10.2 Å². The Morgan fingerprint density at radius 1 is 1.05 bits per heavy atom. The number of hydrogen-bond acceptors (Lipinski definition) is 6. The molecule has 0 radical (unpaired) electrons. The molecule has 1 heterocycles. The number of pyridine rings is 1. The van der Waals surface area contributed by atoms with Gasteiger partial charge in [-0.25, -0.2) is 18.6 Å². The summed E-state index contributed by atoms with van der Waals surface area (Å²) in [4.78, 5) is 0. The monoisotopic (exact) mass is 314 g/mol. The number of halogens is 1. The van der Waals surface area contributed by atoms with Gasteiger partial charge in [0.05, 0.1) is 7.11 Å². The van der Waals surface area contributed by atoms with Gasteiger partial charge in [0, 0.05) is 30.9 Å². The molecule has 0 atom stereocenters. The number of hydrogen-bond donors (Lipinski definition) is 1. The molecular weight excluding hydrogens is 300 g/mol. The van der Waals surface area contributed by atoms with Gasteiger partial charge in [-0.15, -0.1) is 10.2 Å². The first-order valence-corrected chi connectivity index (χ1v) is 7.03. The molecule has 0 saturated heterocycles. The van der Waals surface area contributed by atoms with Crippen molar-refractivity contribution >= 4 is 5.69 Å². The number of nitrogens with zero attached hydrogens (tertiary/aromatic N) is 1. The van der Waals surface area contributed by atoms with Crippen LogP contribution in [-0.4, -0.2) is 14.2 Å². The van der Waals surface area contributed by atoms with E-state index in [4.69, 9.17) is 23.4 Å². The Bertz CT molecular complexity index is 554. The van der Waals surface area contributed by atoms with Crippen molar-refractivity contribution in [3.63, 3.8) is 0 Å². The summed E-state index contributed by atoms with van der Waals surface area (Å²) in [5.41, 5.74) is 2.09. The van der Waals surface area contributed by atoms with Crippen LogP contribution in [0.2, 0.25) is 0 Å². The number of nitrogens with one attached hydrogen (secondary N) is 1. The maximum Gasteiger partial charge on any atom is 0.254 e. The molecule has 2 rings (SSSR count). The Kier molecular flexibility index (Phi) is 6.35. The number of rotatable bonds is 3. The first-order valence-electron chi connectivity index (χ1n) is 5.79. The maximum absolute atomic E-state index is 8.49. The molecule has 1 aromatic heterocycles. The minimum Gasteiger partial charge on any atom is -0.490 e. The molecule has 0 amide bonds. The van der Waals surface area contributed by atoms with Crippen LogP contribution < -0.4 is 33.3 Å². The Balaban J connectivity index is 0.000000383. The van der Waals surface area contributed by atoms with E-state index in [1.54, 1.807) is 7.11 Å². The van der Waals surface area contributed by atoms with Gasteiger partial charge in [0.15, 0.2) is 18.1 Å². The van der Waals surface area contributed by atoms with E-state index in [0.717, 1.165) is 17.1 Å². The second kappa shape index (κ2) is 7.77. The molecule has 0 aliphatic rings. The van der Waals surface area contributed by atoms with E-state index in [2.05, 4.69) is 11.4 Å². The first-order chi connectivity index (χ1) is 9.85. The van der Waals surface area contributed by atoms with Crippen LogP contribution in [0.1, 0.15) is 0 Å². The number of anilines is 1. The molecule has 0 bridgehead atoms. The van der Waals surface area contributed by atoms with Gasteiger partial charge in [-0.3, -0.25) is 0 Å². The van der Waals surface area contributed by atoms with Crippen molar-refractivity contribution in [1.29, 1.82) is 0 Å². The van der Waals surface area contributed by atoms with Crippen molar-refractivity contribution in [2.45, 2.75) is 0 Å². The predicted octanol–water partition coefficient (Wildman–Crippen LogP) is -2.74. The van der Waals surface area contributed by atoms with Crippen molar-refractivity contribution < 1.29 is 38.2 Å². The summed E-state index contributed by atoms with van der Waals surface area (Å²) in [7, 11) is -1.36. The van der Waals surface area contributed by atoms with Crippen LogP contribution in [-0.2, 0) is 0 Å². The highest BCUT2D eigenvalue weighted by Crippen LogP contribution is 2.21. The van der Waals surface area contributed by atoms with Gasteiger partial charge in [0.1, 0.15) is 0 Å². The molecule has 0 spiro atoms. The van der Waals surface area contributed by atoms with Crippen molar-refractivity contribution in [1.82, 2.24) is 0 Å². The number of aromatic nitrogens is 1. The van der Waals surface area contributed by atoms with Crippen molar-refractivity contribution in [3.05, 3.63) is 48.8 Å². The fourth-order valence-corrected chi connectivity index (χ4v) is 1.61. The second-order valence-corrected chi connectivity index (χ2v) is 4.55. The zero-order valence-electron chi connectivity index (χ0n) is 11.5. The van der Waals surface area contributed by atoms with Crippen LogP contribution >= 0.6 is 0 Å².